The van der Waals surface area contributed by atoms with Crippen LogP contribution in [-0.2, 0) is 6.42 Å². The average Bonchev–Trinajstić information content (AvgIpc) is 3.40. The number of hydrogen-bond acceptors (Lipinski definition) is 5. The van der Waals surface area contributed by atoms with Crippen molar-refractivity contribution in [1.82, 2.24) is 14.9 Å². The Morgan fingerprint density at radius 1 is 1.29 bits per heavy atom. The maximum atomic E-state index is 13.5. The Bertz CT molecular complexity index is 1020. The average molecular weight is 443 g/mol. The largest absolute Gasteiger partial charge is 0.361 e. The van der Waals surface area contributed by atoms with Gasteiger partial charge in [-0.25, -0.2) is 9.37 Å². The topological polar surface area (TPSA) is 52.2 Å². The molecule has 1 saturated heterocycles. The van der Waals surface area contributed by atoms with Gasteiger partial charge in [0.15, 0.2) is 10.9 Å². The van der Waals surface area contributed by atoms with Crippen LogP contribution < -0.4 is 4.90 Å². The second-order valence-corrected chi connectivity index (χ2v) is 9.65. The molecule has 0 bridgehead atoms. The molecular formula is C24H31FN4OS. The number of carbonyl (C=O) groups excluding carboxylic acids is 1. The lowest BCUT2D eigenvalue weighted by Crippen LogP contribution is -2.44. The van der Waals surface area contributed by atoms with Crippen molar-refractivity contribution >= 4 is 33.2 Å². The van der Waals surface area contributed by atoms with E-state index in [0.29, 0.717) is 6.42 Å². The molecule has 1 N–H and O–H groups in total. The van der Waals surface area contributed by atoms with Gasteiger partial charge >= 0.3 is 0 Å². The number of aromatic amines is 1. The standard InChI is InChI=1S/C24H31FN4OS/c1-3-4-5-17(12-18-15-26-21-14-19(25)6-7-20(18)21)13-22(30)23-16-27-24(31-23)29-10-8-28(2)9-11-29/h6-7,14-17,26H,3-5,8-13H2,1-2H3. The van der Waals surface area contributed by atoms with E-state index in [0.717, 1.165) is 78.3 Å². The van der Waals surface area contributed by atoms with E-state index in [-0.39, 0.29) is 17.5 Å². The summed E-state index contributed by atoms with van der Waals surface area (Å²) in [5.74, 6) is 0.218. The number of fused-ring (bicyclic) bond motifs is 1. The predicted molar refractivity (Wildman–Crippen MR) is 126 cm³/mol. The number of anilines is 1. The second-order valence-electron chi connectivity index (χ2n) is 8.64. The molecule has 0 saturated carbocycles. The highest BCUT2D eigenvalue weighted by molar-refractivity contribution is 7.17. The van der Waals surface area contributed by atoms with Gasteiger partial charge in [0.1, 0.15) is 5.82 Å². The first-order valence-corrected chi connectivity index (χ1v) is 12.0. The minimum absolute atomic E-state index is 0.185. The van der Waals surface area contributed by atoms with Crippen LogP contribution in [0.5, 0.6) is 0 Å². The van der Waals surface area contributed by atoms with Gasteiger partial charge in [-0.1, -0.05) is 31.1 Å². The van der Waals surface area contributed by atoms with Gasteiger partial charge in [-0.3, -0.25) is 4.79 Å². The highest BCUT2D eigenvalue weighted by Crippen LogP contribution is 2.29. The summed E-state index contributed by atoms with van der Waals surface area (Å²) in [7, 11) is 2.13. The van der Waals surface area contributed by atoms with Crippen LogP contribution in [0.3, 0.4) is 0 Å². The van der Waals surface area contributed by atoms with E-state index < -0.39 is 0 Å². The SMILES string of the molecule is CCCCC(CC(=O)c1cnc(N2CCN(C)CC2)s1)Cc1c[nH]c2cc(F)ccc12. The zero-order valence-electron chi connectivity index (χ0n) is 18.4. The first kappa shape index (κ1) is 22.0. The minimum Gasteiger partial charge on any atom is -0.361 e. The first-order valence-electron chi connectivity index (χ1n) is 11.2. The summed E-state index contributed by atoms with van der Waals surface area (Å²) in [6, 6.07) is 4.87. The van der Waals surface area contributed by atoms with E-state index in [9.17, 15) is 9.18 Å². The maximum Gasteiger partial charge on any atom is 0.186 e. The number of piperazine rings is 1. The summed E-state index contributed by atoms with van der Waals surface area (Å²) in [4.78, 5) is 26.2. The van der Waals surface area contributed by atoms with Crippen LogP contribution in [0.2, 0.25) is 0 Å². The number of halogens is 1. The number of rotatable bonds is 9. The van der Waals surface area contributed by atoms with Crippen molar-refractivity contribution in [1.29, 1.82) is 0 Å². The number of Topliss-reactive ketones (excluding diaryl/α,β-unsaturated/α-hetero) is 1. The maximum absolute atomic E-state index is 13.5. The summed E-state index contributed by atoms with van der Waals surface area (Å²) in [6.45, 7) is 6.14. The van der Waals surface area contributed by atoms with Crippen LogP contribution in [0.4, 0.5) is 9.52 Å². The third kappa shape index (κ3) is 5.33. The van der Waals surface area contributed by atoms with Crippen molar-refractivity contribution < 1.29 is 9.18 Å². The Kier molecular flexibility index (Phi) is 7.02. The first-order chi connectivity index (χ1) is 15.0. The third-order valence-electron chi connectivity index (χ3n) is 6.22. The number of benzene rings is 1. The summed E-state index contributed by atoms with van der Waals surface area (Å²) >= 11 is 1.53. The Balaban J connectivity index is 1.44. The van der Waals surface area contributed by atoms with Gasteiger partial charge in [0.05, 0.1) is 11.1 Å². The van der Waals surface area contributed by atoms with Crippen molar-refractivity contribution in [2.24, 2.45) is 5.92 Å². The lowest BCUT2D eigenvalue weighted by molar-refractivity contribution is 0.0962. The van der Waals surface area contributed by atoms with Crippen molar-refractivity contribution in [2.45, 2.75) is 39.0 Å². The molecule has 166 valence electrons. The molecule has 1 unspecified atom stereocenters. The summed E-state index contributed by atoms with van der Waals surface area (Å²) in [5, 5.41) is 2.01. The number of nitrogens with zero attached hydrogens (tertiary/aromatic N) is 3. The quantitative estimate of drug-likeness (QED) is 0.467. The summed E-state index contributed by atoms with van der Waals surface area (Å²) in [6.07, 6.45) is 8.29. The Hall–Kier alpha value is -2.25. The number of H-pyrrole nitrogens is 1. The number of nitrogens with one attached hydrogen (secondary N) is 1. The zero-order valence-corrected chi connectivity index (χ0v) is 19.2. The van der Waals surface area contributed by atoms with E-state index in [1.807, 2.05) is 12.3 Å². The van der Waals surface area contributed by atoms with Crippen LogP contribution in [0.25, 0.3) is 10.9 Å². The molecule has 0 radical (unpaired) electrons. The molecule has 3 heterocycles. The van der Waals surface area contributed by atoms with E-state index in [4.69, 9.17) is 0 Å². The number of carbonyl (C=O) groups is 1. The van der Waals surface area contributed by atoms with Crippen molar-refractivity contribution in [3.63, 3.8) is 0 Å². The molecule has 7 heteroatoms. The predicted octanol–water partition coefficient (Wildman–Crippen LogP) is 5.14. The number of aromatic nitrogens is 2. The van der Waals surface area contributed by atoms with E-state index >= 15 is 0 Å². The molecular weight excluding hydrogens is 411 g/mol. The second kappa shape index (κ2) is 9.92. The lowest BCUT2D eigenvalue weighted by atomic mass is 9.89. The van der Waals surface area contributed by atoms with Gasteiger partial charge in [0, 0.05) is 49.7 Å². The van der Waals surface area contributed by atoms with Gasteiger partial charge in [-0.15, -0.1) is 0 Å². The van der Waals surface area contributed by atoms with Crippen molar-refractivity contribution in [3.8, 4) is 0 Å². The fourth-order valence-corrected chi connectivity index (χ4v) is 5.22. The molecule has 0 spiro atoms. The number of likely N-dealkylation sites (N-methyl/N-ethyl adjacent to an activating group) is 1. The molecule has 0 aliphatic carbocycles. The molecule has 0 amide bonds. The van der Waals surface area contributed by atoms with E-state index in [1.165, 1.54) is 23.5 Å². The molecule has 2 aromatic heterocycles. The minimum atomic E-state index is -0.236. The molecule has 3 aromatic rings. The third-order valence-corrected chi connectivity index (χ3v) is 7.32. The number of thiazole rings is 1. The molecule has 1 atom stereocenters. The van der Waals surface area contributed by atoms with Gasteiger partial charge in [-0.2, -0.15) is 0 Å². The van der Waals surface area contributed by atoms with Gasteiger partial charge < -0.3 is 14.8 Å². The molecule has 31 heavy (non-hydrogen) atoms. The summed E-state index contributed by atoms with van der Waals surface area (Å²) < 4.78 is 13.5. The van der Waals surface area contributed by atoms with Crippen LogP contribution in [-0.4, -0.2) is 53.9 Å². The normalized spacial score (nSPS) is 16.2. The summed E-state index contributed by atoms with van der Waals surface area (Å²) in [5.41, 5.74) is 1.97. The van der Waals surface area contributed by atoms with E-state index in [2.05, 4.69) is 33.7 Å². The van der Waals surface area contributed by atoms with Crippen LogP contribution >= 0.6 is 11.3 Å². The van der Waals surface area contributed by atoms with Crippen LogP contribution in [0.1, 0.15) is 47.8 Å². The van der Waals surface area contributed by atoms with Crippen LogP contribution in [0, 0.1) is 11.7 Å². The van der Waals surface area contributed by atoms with Crippen molar-refractivity contribution in [2.75, 3.05) is 38.1 Å². The highest BCUT2D eigenvalue weighted by Gasteiger charge is 2.22. The molecule has 1 fully saturated rings. The number of ketones is 1. The lowest BCUT2D eigenvalue weighted by Gasteiger charge is -2.32. The molecule has 1 aliphatic heterocycles. The fraction of sp³-hybridized carbons (Fsp3) is 0.500. The Morgan fingerprint density at radius 3 is 2.87 bits per heavy atom. The Labute approximate surface area is 187 Å². The monoisotopic (exact) mass is 442 g/mol. The van der Waals surface area contributed by atoms with Gasteiger partial charge in [-0.05, 0) is 49.6 Å². The van der Waals surface area contributed by atoms with Gasteiger partial charge in [0.2, 0.25) is 0 Å². The fourth-order valence-electron chi connectivity index (χ4n) is 4.31. The van der Waals surface area contributed by atoms with E-state index in [1.54, 1.807) is 6.20 Å². The smallest absolute Gasteiger partial charge is 0.186 e. The number of unbranched alkanes of at least 4 members (excludes halogenated alkanes) is 1. The Morgan fingerprint density at radius 2 is 2.10 bits per heavy atom. The number of hydrogen-bond donors (Lipinski definition) is 1. The zero-order chi connectivity index (χ0) is 21.8. The highest BCUT2D eigenvalue weighted by atomic mass is 32.1. The van der Waals surface area contributed by atoms with Crippen molar-refractivity contribution in [3.05, 3.63) is 46.9 Å². The molecule has 1 aromatic carbocycles. The molecule has 1 aliphatic rings. The van der Waals surface area contributed by atoms with Crippen LogP contribution in [0.15, 0.2) is 30.6 Å². The molecule has 5 nitrogen and oxygen atoms in total. The van der Waals surface area contributed by atoms with Gasteiger partial charge in [0.25, 0.3) is 0 Å². The molecule has 4 rings (SSSR count).